The fraction of sp³-hybridized carbons (Fsp3) is 0.500. The van der Waals surface area contributed by atoms with Gasteiger partial charge in [-0.25, -0.2) is 0 Å². The van der Waals surface area contributed by atoms with Crippen LogP contribution in [0.1, 0.15) is 24.8 Å². The van der Waals surface area contributed by atoms with E-state index >= 15 is 0 Å². The number of hydrogen-bond donors (Lipinski definition) is 0. The quantitative estimate of drug-likeness (QED) is 0.789. The Morgan fingerprint density at radius 3 is 2.61 bits per heavy atom. The van der Waals surface area contributed by atoms with Crippen molar-refractivity contribution in [3.63, 3.8) is 0 Å². The molecule has 1 saturated heterocycles. The lowest BCUT2D eigenvalue weighted by molar-refractivity contribution is -0.152. The van der Waals surface area contributed by atoms with Gasteiger partial charge in [0, 0.05) is 11.4 Å². The van der Waals surface area contributed by atoms with Crippen molar-refractivity contribution in [3.8, 4) is 0 Å². The Hall–Kier alpha value is -1.06. The molecule has 0 aromatic heterocycles. The first-order valence-electron chi connectivity index (χ1n) is 6.26. The Balaban J connectivity index is 1.73. The van der Waals surface area contributed by atoms with Crippen molar-refractivity contribution in [2.24, 2.45) is 0 Å². The Morgan fingerprint density at radius 2 is 2.06 bits per heavy atom. The third-order valence-corrected chi connectivity index (χ3v) is 3.95. The molecule has 4 heteroatoms. The van der Waals surface area contributed by atoms with Gasteiger partial charge >= 0.3 is 5.97 Å². The molecular formula is C14H15ClO3. The number of esters is 1. The summed E-state index contributed by atoms with van der Waals surface area (Å²) >= 11 is 5.87. The van der Waals surface area contributed by atoms with Gasteiger partial charge in [0.25, 0.3) is 0 Å². The Labute approximate surface area is 111 Å². The van der Waals surface area contributed by atoms with Crippen molar-refractivity contribution in [2.75, 3.05) is 13.2 Å². The summed E-state index contributed by atoms with van der Waals surface area (Å²) < 4.78 is 10.7. The zero-order valence-corrected chi connectivity index (χ0v) is 10.8. The Morgan fingerprint density at radius 1 is 1.33 bits per heavy atom. The lowest BCUT2D eigenvalue weighted by atomic mass is 9.96. The lowest BCUT2D eigenvalue weighted by Crippen LogP contribution is -2.28. The summed E-state index contributed by atoms with van der Waals surface area (Å²) in [5.74, 6) is -0.111. The lowest BCUT2D eigenvalue weighted by Gasteiger charge is -2.17. The SMILES string of the molecule is O=C(O[C@@H]1CCOC1)C1(c2ccc(Cl)cc2)CC1. The summed E-state index contributed by atoms with van der Waals surface area (Å²) in [4.78, 5) is 12.3. The van der Waals surface area contributed by atoms with Gasteiger partial charge in [-0.1, -0.05) is 23.7 Å². The second-order valence-corrected chi connectivity index (χ2v) is 5.42. The molecule has 0 bridgehead atoms. The van der Waals surface area contributed by atoms with Crippen LogP contribution in [-0.2, 0) is 19.7 Å². The molecule has 3 rings (SSSR count). The predicted octanol–water partition coefficient (Wildman–Crippen LogP) is 2.70. The maximum Gasteiger partial charge on any atom is 0.316 e. The van der Waals surface area contributed by atoms with E-state index in [2.05, 4.69) is 0 Å². The number of ether oxygens (including phenoxy) is 2. The van der Waals surface area contributed by atoms with E-state index in [0.717, 1.165) is 24.8 Å². The van der Waals surface area contributed by atoms with Gasteiger partial charge in [0.05, 0.1) is 18.6 Å². The third-order valence-electron chi connectivity index (χ3n) is 3.70. The van der Waals surface area contributed by atoms with Crippen molar-refractivity contribution in [2.45, 2.75) is 30.8 Å². The predicted molar refractivity (Wildman–Crippen MR) is 67.7 cm³/mol. The molecule has 96 valence electrons. The van der Waals surface area contributed by atoms with Crippen LogP contribution in [0.25, 0.3) is 0 Å². The number of carbonyl (C=O) groups excluding carboxylic acids is 1. The second kappa shape index (κ2) is 4.56. The van der Waals surface area contributed by atoms with Gasteiger partial charge in [-0.05, 0) is 30.5 Å². The summed E-state index contributed by atoms with van der Waals surface area (Å²) in [5.41, 5.74) is 0.587. The average Bonchev–Trinajstić information content (AvgIpc) is 3.03. The minimum atomic E-state index is -0.423. The molecule has 3 nitrogen and oxygen atoms in total. The minimum absolute atomic E-state index is 0.0673. The first-order valence-corrected chi connectivity index (χ1v) is 6.63. The van der Waals surface area contributed by atoms with Gasteiger partial charge in [0.1, 0.15) is 6.10 Å². The highest BCUT2D eigenvalue weighted by Crippen LogP contribution is 2.49. The van der Waals surface area contributed by atoms with Gasteiger partial charge < -0.3 is 9.47 Å². The molecule has 18 heavy (non-hydrogen) atoms. The highest BCUT2D eigenvalue weighted by atomic mass is 35.5. The van der Waals surface area contributed by atoms with Crippen molar-refractivity contribution < 1.29 is 14.3 Å². The zero-order chi connectivity index (χ0) is 12.6. The maximum absolute atomic E-state index is 12.3. The van der Waals surface area contributed by atoms with Crippen LogP contribution in [0, 0.1) is 0 Å². The normalized spacial score (nSPS) is 24.8. The highest BCUT2D eigenvalue weighted by Gasteiger charge is 2.53. The molecule has 1 saturated carbocycles. The molecule has 2 aliphatic rings. The van der Waals surface area contributed by atoms with Gasteiger partial charge in [-0.15, -0.1) is 0 Å². The van der Waals surface area contributed by atoms with Gasteiger partial charge in [0.15, 0.2) is 0 Å². The van der Waals surface area contributed by atoms with Gasteiger partial charge in [-0.2, -0.15) is 0 Å². The molecule has 0 amide bonds. The van der Waals surface area contributed by atoms with Crippen LogP contribution in [0.3, 0.4) is 0 Å². The number of hydrogen-bond acceptors (Lipinski definition) is 3. The van der Waals surface area contributed by atoms with Gasteiger partial charge in [-0.3, -0.25) is 4.79 Å². The molecule has 0 N–H and O–H groups in total. The van der Waals surface area contributed by atoms with E-state index in [4.69, 9.17) is 21.1 Å². The van der Waals surface area contributed by atoms with E-state index in [1.165, 1.54) is 0 Å². The molecule has 1 atom stereocenters. The van der Waals surface area contributed by atoms with E-state index < -0.39 is 5.41 Å². The molecule has 0 unspecified atom stereocenters. The highest BCUT2D eigenvalue weighted by molar-refractivity contribution is 6.30. The smallest absolute Gasteiger partial charge is 0.316 e. The fourth-order valence-electron chi connectivity index (χ4n) is 2.37. The van der Waals surface area contributed by atoms with Crippen LogP contribution >= 0.6 is 11.6 Å². The number of benzene rings is 1. The number of halogens is 1. The van der Waals surface area contributed by atoms with Crippen LogP contribution in [0.15, 0.2) is 24.3 Å². The Bertz CT molecular complexity index is 445. The average molecular weight is 267 g/mol. The van der Waals surface area contributed by atoms with Crippen LogP contribution in [0.5, 0.6) is 0 Å². The maximum atomic E-state index is 12.3. The van der Waals surface area contributed by atoms with Crippen LogP contribution < -0.4 is 0 Å². The molecular weight excluding hydrogens is 252 g/mol. The number of carbonyl (C=O) groups is 1. The Kier molecular flexibility index (Phi) is 3.04. The zero-order valence-electron chi connectivity index (χ0n) is 10.0. The summed E-state index contributed by atoms with van der Waals surface area (Å²) in [7, 11) is 0. The number of rotatable bonds is 3. The summed E-state index contributed by atoms with van der Waals surface area (Å²) in [6, 6.07) is 7.48. The third kappa shape index (κ3) is 2.13. The fourth-order valence-corrected chi connectivity index (χ4v) is 2.50. The van der Waals surface area contributed by atoms with Crippen LogP contribution in [0.2, 0.25) is 5.02 Å². The molecule has 1 heterocycles. The van der Waals surface area contributed by atoms with E-state index in [-0.39, 0.29) is 12.1 Å². The van der Waals surface area contributed by atoms with E-state index in [9.17, 15) is 4.79 Å². The largest absolute Gasteiger partial charge is 0.459 e. The molecule has 2 fully saturated rings. The summed E-state index contributed by atoms with van der Waals surface area (Å²) in [5, 5.41) is 0.687. The first kappa shape index (κ1) is 12.0. The topological polar surface area (TPSA) is 35.5 Å². The molecule has 1 aliphatic heterocycles. The molecule has 1 aromatic carbocycles. The molecule has 1 aromatic rings. The standard InChI is InChI=1S/C14H15ClO3/c15-11-3-1-10(2-4-11)14(6-7-14)13(16)18-12-5-8-17-9-12/h1-4,12H,5-9H2/t12-/m1/s1. The van der Waals surface area contributed by atoms with Crippen molar-refractivity contribution >= 4 is 17.6 Å². The molecule has 0 spiro atoms. The molecule has 0 radical (unpaired) electrons. The van der Waals surface area contributed by atoms with E-state index in [0.29, 0.717) is 18.2 Å². The van der Waals surface area contributed by atoms with Gasteiger partial charge in [0.2, 0.25) is 0 Å². The van der Waals surface area contributed by atoms with E-state index in [1.807, 2.05) is 24.3 Å². The van der Waals surface area contributed by atoms with Crippen molar-refractivity contribution in [1.82, 2.24) is 0 Å². The second-order valence-electron chi connectivity index (χ2n) is 4.98. The van der Waals surface area contributed by atoms with Crippen LogP contribution in [-0.4, -0.2) is 25.3 Å². The van der Waals surface area contributed by atoms with Crippen molar-refractivity contribution in [3.05, 3.63) is 34.9 Å². The first-order chi connectivity index (χ1) is 8.71. The van der Waals surface area contributed by atoms with E-state index in [1.54, 1.807) is 0 Å². The summed E-state index contributed by atoms with van der Waals surface area (Å²) in [6.07, 6.45) is 2.46. The van der Waals surface area contributed by atoms with Crippen LogP contribution in [0.4, 0.5) is 0 Å². The summed E-state index contributed by atoms with van der Waals surface area (Å²) in [6.45, 7) is 1.22. The molecule has 1 aliphatic carbocycles. The monoisotopic (exact) mass is 266 g/mol. The minimum Gasteiger partial charge on any atom is -0.459 e. The van der Waals surface area contributed by atoms with Crippen molar-refractivity contribution in [1.29, 1.82) is 0 Å².